The molecular weight excluding hydrogens is 278 g/mol. The largest absolute Gasteiger partial charge is 0.493 e. The van der Waals surface area contributed by atoms with Crippen molar-refractivity contribution in [3.05, 3.63) is 22.7 Å². The van der Waals surface area contributed by atoms with E-state index in [-0.39, 0.29) is 12.7 Å². The van der Waals surface area contributed by atoms with Crippen LogP contribution in [0, 0.1) is 0 Å². The van der Waals surface area contributed by atoms with Crippen molar-refractivity contribution < 1.29 is 14.6 Å². The van der Waals surface area contributed by atoms with Crippen molar-refractivity contribution in [1.82, 2.24) is 5.32 Å². The van der Waals surface area contributed by atoms with E-state index < -0.39 is 0 Å². The first-order chi connectivity index (χ1) is 9.58. The van der Waals surface area contributed by atoms with Crippen LogP contribution in [0.15, 0.2) is 12.1 Å². The van der Waals surface area contributed by atoms with Crippen LogP contribution >= 0.6 is 11.6 Å². The van der Waals surface area contributed by atoms with Crippen molar-refractivity contribution in [3.63, 3.8) is 0 Å². The Morgan fingerprint density at radius 1 is 1.25 bits per heavy atom. The first kappa shape index (κ1) is 17.1. The van der Waals surface area contributed by atoms with Crippen molar-refractivity contribution in [2.24, 2.45) is 0 Å². The fourth-order valence-corrected chi connectivity index (χ4v) is 2.02. The first-order valence-electron chi connectivity index (χ1n) is 6.93. The number of rotatable bonds is 9. The monoisotopic (exact) mass is 301 g/mol. The van der Waals surface area contributed by atoms with E-state index in [0.29, 0.717) is 23.1 Å². The van der Waals surface area contributed by atoms with Gasteiger partial charge in [-0.2, -0.15) is 0 Å². The first-order valence-corrected chi connectivity index (χ1v) is 7.31. The lowest BCUT2D eigenvalue weighted by molar-refractivity contribution is 0.230. The van der Waals surface area contributed by atoms with Gasteiger partial charge in [0.2, 0.25) is 0 Å². The van der Waals surface area contributed by atoms with E-state index >= 15 is 0 Å². The Balaban J connectivity index is 2.67. The van der Waals surface area contributed by atoms with Crippen molar-refractivity contribution in [2.45, 2.75) is 39.3 Å². The fourth-order valence-electron chi connectivity index (χ4n) is 1.80. The van der Waals surface area contributed by atoms with Crippen LogP contribution < -0.4 is 14.8 Å². The number of nitrogens with one attached hydrogen (secondary N) is 1. The van der Waals surface area contributed by atoms with Gasteiger partial charge in [0.05, 0.1) is 13.2 Å². The summed E-state index contributed by atoms with van der Waals surface area (Å²) in [6, 6.07) is 3.70. The molecule has 2 N–H and O–H groups in total. The summed E-state index contributed by atoms with van der Waals surface area (Å²) < 4.78 is 11.0. The zero-order chi connectivity index (χ0) is 15.0. The average Bonchev–Trinajstić information content (AvgIpc) is 2.40. The minimum absolute atomic E-state index is 0.0717. The van der Waals surface area contributed by atoms with E-state index in [1.54, 1.807) is 13.2 Å². The second kappa shape index (κ2) is 9.06. The van der Waals surface area contributed by atoms with Crippen molar-refractivity contribution >= 4 is 11.6 Å². The highest BCUT2D eigenvalue weighted by atomic mass is 35.5. The smallest absolute Gasteiger partial charge is 0.163 e. The minimum Gasteiger partial charge on any atom is -0.493 e. The summed E-state index contributed by atoms with van der Waals surface area (Å²) in [5.74, 6) is 1.35. The topological polar surface area (TPSA) is 50.7 Å². The maximum Gasteiger partial charge on any atom is 0.163 e. The highest BCUT2D eigenvalue weighted by Gasteiger charge is 2.11. The molecule has 0 bridgehead atoms. The Morgan fingerprint density at radius 2 is 2.00 bits per heavy atom. The van der Waals surface area contributed by atoms with Crippen LogP contribution in [0.5, 0.6) is 11.5 Å². The van der Waals surface area contributed by atoms with Gasteiger partial charge in [-0.05, 0) is 44.9 Å². The Hall–Kier alpha value is -0.970. The molecule has 0 aliphatic rings. The lowest BCUT2D eigenvalue weighted by Gasteiger charge is -2.16. The minimum atomic E-state index is 0.0717. The molecule has 1 aromatic carbocycles. The summed E-state index contributed by atoms with van der Waals surface area (Å²) in [4.78, 5) is 0. The number of halogens is 1. The highest BCUT2D eigenvalue weighted by Crippen LogP contribution is 2.34. The summed E-state index contributed by atoms with van der Waals surface area (Å²) in [5.41, 5.74) is 0.976. The summed E-state index contributed by atoms with van der Waals surface area (Å²) in [7, 11) is 1.62. The fraction of sp³-hybridized carbons (Fsp3) is 0.600. The third kappa shape index (κ3) is 5.57. The maximum absolute atomic E-state index is 8.72. The van der Waals surface area contributed by atoms with Gasteiger partial charge in [0.15, 0.2) is 11.5 Å². The third-order valence-electron chi connectivity index (χ3n) is 2.77. The number of methoxy groups -OCH3 is 1. The lowest BCUT2D eigenvalue weighted by Crippen LogP contribution is -2.15. The summed E-state index contributed by atoms with van der Waals surface area (Å²) in [6.07, 6.45) is 1.83. The van der Waals surface area contributed by atoms with Crippen LogP contribution in [0.3, 0.4) is 0 Å². The Labute approximate surface area is 126 Å². The van der Waals surface area contributed by atoms with Gasteiger partial charge in [0.1, 0.15) is 0 Å². The third-order valence-corrected chi connectivity index (χ3v) is 3.12. The molecule has 5 heteroatoms. The van der Waals surface area contributed by atoms with E-state index in [9.17, 15) is 0 Å². The van der Waals surface area contributed by atoms with E-state index in [1.807, 2.05) is 19.9 Å². The number of benzene rings is 1. The van der Waals surface area contributed by atoms with E-state index in [1.165, 1.54) is 0 Å². The Kier molecular flexibility index (Phi) is 7.73. The molecule has 0 fully saturated rings. The van der Waals surface area contributed by atoms with E-state index in [0.717, 1.165) is 24.9 Å². The van der Waals surface area contributed by atoms with Gasteiger partial charge in [-0.15, -0.1) is 0 Å². The standard InChI is InChI=1S/C15H24ClNO3/c1-11(2)20-15-9-13(16)12(8-14(15)19-3)10-17-6-4-5-7-18/h8-9,11,17-18H,4-7,10H2,1-3H3. The number of unbranched alkanes of at least 4 members (excludes halogenated alkanes) is 1. The molecule has 0 heterocycles. The van der Waals surface area contributed by atoms with Crippen LogP contribution in [0.1, 0.15) is 32.3 Å². The number of aliphatic hydroxyl groups excluding tert-OH is 1. The quantitative estimate of drug-likeness (QED) is 0.689. The molecule has 4 nitrogen and oxygen atoms in total. The van der Waals surface area contributed by atoms with Gasteiger partial charge in [0.25, 0.3) is 0 Å². The highest BCUT2D eigenvalue weighted by molar-refractivity contribution is 6.31. The summed E-state index contributed by atoms with van der Waals surface area (Å²) in [6.45, 7) is 5.68. The van der Waals surface area contributed by atoms with E-state index in [2.05, 4.69) is 5.32 Å². The van der Waals surface area contributed by atoms with Crippen LogP contribution in [0.25, 0.3) is 0 Å². The van der Waals surface area contributed by atoms with Gasteiger partial charge < -0.3 is 19.9 Å². The molecule has 0 amide bonds. The molecule has 0 aliphatic heterocycles. The molecule has 0 spiro atoms. The molecule has 0 unspecified atom stereocenters. The molecule has 0 atom stereocenters. The van der Waals surface area contributed by atoms with Crippen LogP contribution in [-0.4, -0.2) is 31.5 Å². The van der Waals surface area contributed by atoms with Crippen molar-refractivity contribution in [3.8, 4) is 11.5 Å². The molecule has 0 saturated carbocycles. The van der Waals surface area contributed by atoms with Crippen LogP contribution in [-0.2, 0) is 6.54 Å². The molecule has 1 aromatic rings. The average molecular weight is 302 g/mol. The normalized spacial score (nSPS) is 10.9. The molecule has 20 heavy (non-hydrogen) atoms. The number of hydrogen-bond donors (Lipinski definition) is 2. The predicted octanol–water partition coefficient (Wildman–Crippen LogP) is 3.00. The van der Waals surface area contributed by atoms with E-state index in [4.69, 9.17) is 26.2 Å². The second-order valence-corrected chi connectivity index (χ2v) is 5.28. The summed E-state index contributed by atoms with van der Waals surface area (Å²) >= 11 is 6.27. The predicted molar refractivity (Wildman–Crippen MR) is 81.8 cm³/mol. The number of ether oxygens (including phenoxy) is 2. The second-order valence-electron chi connectivity index (χ2n) is 4.87. The van der Waals surface area contributed by atoms with Crippen molar-refractivity contribution in [2.75, 3.05) is 20.3 Å². The summed E-state index contributed by atoms with van der Waals surface area (Å²) in [5, 5.41) is 12.7. The molecule has 0 aliphatic carbocycles. The van der Waals surface area contributed by atoms with Gasteiger partial charge in [-0.25, -0.2) is 0 Å². The van der Waals surface area contributed by atoms with Gasteiger partial charge in [0, 0.05) is 24.2 Å². The number of hydrogen-bond acceptors (Lipinski definition) is 4. The van der Waals surface area contributed by atoms with Gasteiger partial charge in [-0.3, -0.25) is 0 Å². The SMILES string of the molecule is COc1cc(CNCCCCO)c(Cl)cc1OC(C)C. The molecule has 0 saturated heterocycles. The zero-order valence-corrected chi connectivity index (χ0v) is 13.2. The number of aliphatic hydroxyl groups is 1. The molecule has 0 aromatic heterocycles. The Bertz CT molecular complexity index is 410. The van der Waals surface area contributed by atoms with Crippen LogP contribution in [0.4, 0.5) is 0 Å². The zero-order valence-electron chi connectivity index (χ0n) is 12.4. The van der Waals surface area contributed by atoms with Crippen LogP contribution in [0.2, 0.25) is 5.02 Å². The Morgan fingerprint density at radius 3 is 2.60 bits per heavy atom. The van der Waals surface area contributed by atoms with Gasteiger partial charge in [-0.1, -0.05) is 11.6 Å². The molecule has 1 rings (SSSR count). The van der Waals surface area contributed by atoms with Crippen molar-refractivity contribution in [1.29, 1.82) is 0 Å². The lowest BCUT2D eigenvalue weighted by atomic mass is 10.2. The molecular formula is C15H24ClNO3. The molecule has 114 valence electrons. The van der Waals surface area contributed by atoms with Gasteiger partial charge >= 0.3 is 0 Å². The molecule has 0 radical (unpaired) electrons. The maximum atomic E-state index is 8.72.